The monoisotopic (exact) mass is 287 g/mol. The highest BCUT2D eigenvalue weighted by Gasteiger charge is 2.26. The first kappa shape index (κ1) is 16.7. The first-order chi connectivity index (χ1) is 9.56. The molecule has 0 bridgehead atoms. The molecular formula is C13H25N3O4. The van der Waals surface area contributed by atoms with Crippen LogP contribution in [0.1, 0.15) is 25.7 Å². The van der Waals surface area contributed by atoms with Crippen LogP contribution in [0.25, 0.3) is 0 Å². The minimum Gasteiger partial charge on any atom is -0.480 e. The number of methoxy groups -OCH3 is 1. The largest absolute Gasteiger partial charge is 0.480 e. The van der Waals surface area contributed by atoms with E-state index in [0.717, 1.165) is 25.9 Å². The number of rotatable bonds is 7. The van der Waals surface area contributed by atoms with Crippen molar-refractivity contribution >= 4 is 12.0 Å². The topological polar surface area (TPSA) is 90.9 Å². The van der Waals surface area contributed by atoms with Crippen LogP contribution in [-0.2, 0) is 9.53 Å². The van der Waals surface area contributed by atoms with Crippen molar-refractivity contribution in [1.82, 2.24) is 15.5 Å². The van der Waals surface area contributed by atoms with Crippen molar-refractivity contribution in [1.29, 1.82) is 0 Å². The predicted molar refractivity (Wildman–Crippen MR) is 74.7 cm³/mol. The second-order valence-electron chi connectivity index (χ2n) is 5.07. The number of aliphatic carboxylic acids is 1. The zero-order valence-electron chi connectivity index (χ0n) is 12.2. The van der Waals surface area contributed by atoms with Gasteiger partial charge in [0.25, 0.3) is 0 Å². The molecule has 0 aliphatic carbocycles. The number of carboxylic acid groups (broad SMARTS) is 1. The smallest absolute Gasteiger partial charge is 0.326 e. The maximum atomic E-state index is 12.1. The van der Waals surface area contributed by atoms with E-state index in [4.69, 9.17) is 9.84 Å². The number of nitrogens with one attached hydrogen (secondary N) is 2. The molecule has 1 rings (SSSR count). The average molecular weight is 287 g/mol. The van der Waals surface area contributed by atoms with E-state index in [1.807, 2.05) is 0 Å². The fourth-order valence-corrected chi connectivity index (χ4v) is 2.30. The van der Waals surface area contributed by atoms with Gasteiger partial charge in [-0.15, -0.1) is 0 Å². The van der Waals surface area contributed by atoms with E-state index >= 15 is 0 Å². The second kappa shape index (κ2) is 8.76. The maximum Gasteiger partial charge on any atom is 0.326 e. The molecule has 20 heavy (non-hydrogen) atoms. The molecule has 1 fully saturated rings. The number of carboxylic acids is 1. The number of nitrogens with zero attached hydrogens (tertiary/aromatic N) is 1. The van der Waals surface area contributed by atoms with E-state index in [2.05, 4.69) is 10.6 Å². The van der Waals surface area contributed by atoms with E-state index < -0.39 is 12.0 Å². The molecule has 0 spiro atoms. The molecule has 1 aliphatic heterocycles. The number of urea groups is 1. The van der Waals surface area contributed by atoms with Crippen molar-refractivity contribution in [3.05, 3.63) is 0 Å². The van der Waals surface area contributed by atoms with Gasteiger partial charge in [0.15, 0.2) is 0 Å². The highest BCUT2D eigenvalue weighted by molar-refractivity contribution is 5.82. The molecule has 2 amide bonds. The Morgan fingerprint density at radius 1 is 1.45 bits per heavy atom. The number of amides is 2. The number of hydrogen-bond donors (Lipinski definition) is 3. The molecule has 1 heterocycles. The molecule has 0 radical (unpaired) electrons. The number of carbonyl (C=O) groups is 2. The molecule has 0 aromatic rings. The van der Waals surface area contributed by atoms with E-state index in [1.165, 1.54) is 0 Å². The molecule has 1 saturated heterocycles. The summed E-state index contributed by atoms with van der Waals surface area (Å²) in [6.07, 6.45) is 2.76. The van der Waals surface area contributed by atoms with Crippen LogP contribution >= 0.6 is 0 Å². The van der Waals surface area contributed by atoms with Crippen LogP contribution in [0.5, 0.6) is 0 Å². The lowest BCUT2D eigenvalue weighted by Gasteiger charge is -2.32. The van der Waals surface area contributed by atoms with Gasteiger partial charge in [-0.25, -0.2) is 9.59 Å². The average Bonchev–Trinajstić information content (AvgIpc) is 2.46. The van der Waals surface area contributed by atoms with Crippen molar-refractivity contribution in [2.45, 2.75) is 37.8 Å². The van der Waals surface area contributed by atoms with Gasteiger partial charge in [0, 0.05) is 26.8 Å². The molecule has 7 nitrogen and oxygen atoms in total. The molecule has 0 saturated carbocycles. The molecule has 116 valence electrons. The normalized spacial score (nSPS) is 17.5. The Labute approximate surface area is 119 Å². The molecule has 7 heteroatoms. The minimum absolute atomic E-state index is 0.171. The molecular weight excluding hydrogens is 262 g/mol. The summed E-state index contributed by atoms with van der Waals surface area (Å²) in [6, 6.07) is -1.01. The summed E-state index contributed by atoms with van der Waals surface area (Å²) in [5, 5.41) is 14.9. The van der Waals surface area contributed by atoms with Gasteiger partial charge < -0.3 is 25.4 Å². The second-order valence-corrected chi connectivity index (χ2v) is 5.07. The van der Waals surface area contributed by atoms with Gasteiger partial charge in [-0.3, -0.25) is 0 Å². The van der Waals surface area contributed by atoms with Crippen molar-refractivity contribution < 1.29 is 19.4 Å². The molecule has 0 aromatic heterocycles. The summed E-state index contributed by atoms with van der Waals surface area (Å²) in [5.41, 5.74) is 0. The van der Waals surface area contributed by atoms with Gasteiger partial charge in [0.1, 0.15) is 6.04 Å². The summed E-state index contributed by atoms with van der Waals surface area (Å²) in [5.74, 6) is -1.01. The Bertz CT molecular complexity index is 319. The third kappa shape index (κ3) is 5.34. The van der Waals surface area contributed by atoms with Gasteiger partial charge in [-0.1, -0.05) is 0 Å². The summed E-state index contributed by atoms with van der Waals surface area (Å²) in [4.78, 5) is 24.9. The zero-order chi connectivity index (χ0) is 15.0. The van der Waals surface area contributed by atoms with Gasteiger partial charge in [-0.05, 0) is 38.8 Å². The van der Waals surface area contributed by atoms with Crippen LogP contribution in [0.15, 0.2) is 0 Å². The number of piperidine rings is 1. The van der Waals surface area contributed by atoms with Crippen LogP contribution in [0.4, 0.5) is 4.79 Å². The highest BCUT2D eigenvalue weighted by atomic mass is 16.5. The lowest BCUT2D eigenvalue weighted by atomic mass is 10.1. The standard InChI is InChI=1S/C13H25N3O4/c1-16(10-5-7-14-8-6-10)13(19)15-11(12(17)18)4-3-9-20-2/h10-11,14H,3-9H2,1-2H3,(H,15,19)(H,17,18). The summed E-state index contributed by atoms with van der Waals surface area (Å²) in [6.45, 7) is 2.26. The quantitative estimate of drug-likeness (QED) is 0.584. The van der Waals surface area contributed by atoms with Crippen LogP contribution in [0, 0.1) is 0 Å². The van der Waals surface area contributed by atoms with Gasteiger partial charge in [0.05, 0.1) is 0 Å². The molecule has 1 atom stereocenters. The fraction of sp³-hybridized carbons (Fsp3) is 0.846. The number of hydrogen-bond acceptors (Lipinski definition) is 4. The Morgan fingerprint density at radius 2 is 2.10 bits per heavy atom. The van der Waals surface area contributed by atoms with E-state index in [1.54, 1.807) is 19.1 Å². The summed E-state index contributed by atoms with van der Waals surface area (Å²) < 4.78 is 4.90. The highest BCUT2D eigenvalue weighted by Crippen LogP contribution is 2.10. The Morgan fingerprint density at radius 3 is 2.65 bits per heavy atom. The SMILES string of the molecule is COCCCC(NC(=O)N(C)C1CCNCC1)C(=O)O. The maximum absolute atomic E-state index is 12.1. The van der Waals surface area contributed by atoms with Crippen LogP contribution in [0.3, 0.4) is 0 Å². The number of carbonyl (C=O) groups excluding carboxylic acids is 1. The van der Waals surface area contributed by atoms with E-state index in [0.29, 0.717) is 19.4 Å². The molecule has 1 unspecified atom stereocenters. The van der Waals surface area contributed by atoms with E-state index in [9.17, 15) is 9.59 Å². The Kier molecular flexibility index (Phi) is 7.32. The van der Waals surface area contributed by atoms with Gasteiger partial charge in [-0.2, -0.15) is 0 Å². The lowest BCUT2D eigenvalue weighted by Crippen LogP contribution is -2.52. The van der Waals surface area contributed by atoms with Crippen LogP contribution in [0.2, 0.25) is 0 Å². The molecule has 0 aromatic carbocycles. The Balaban J connectivity index is 2.45. The fourth-order valence-electron chi connectivity index (χ4n) is 2.30. The Hall–Kier alpha value is -1.34. The third-order valence-electron chi connectivity index (χ3n) is 3.61. The number of ether oxygens (including phenoxy) is 1. The van der Waals surface area contributed by atoms with Gasteiger partial charge >= 0.3 is 12.0 Å². The zero-order valence-corrected chi connectivity index (χ0v) is 12.2. The minimum atomic E-state index is -1.01. The van der Waals surface area contributed by atoms with Gasteiger partial charge in [0.2, 0.25) is 0 Å². The van der Waals surface area contributed by atoms with Crippen LogP contribution < -0.4 is 10.6 Å². The first-order valence-electron chi connectivity index (χ1n) is 7.02. The van der Waals surface area contributed by atoms with Crippen LogP contribution in [-0.4, -0.2) is 67.9 Å². The lowest BCUT2D eigenvalue weighted by molar-refractivity contribution is -0.139. The molecule has 3 N–H and O–H groups in total. The van der Waals surface area contributed by atoms with Crippen molar-refractivity contribution in [3.63, 3.8) is 0 Å². The van der Waals surface area contributed by atoms with E-state index in [-0.39, 0.29) is 12.1 Å². The summed E-state index contributed by atoms with van der Waals surface area (Å²) in [7, 11) is 3.29. The first-order valence-corrected chi connectivity index (χ1v) is 7.02. The van der Waals surface area contributed by atoms with Crippen molar-refractivity contribution in [2.24, 2.45) is 0 Å². The van der Waals surface area contributed by atoms with Crippen molar-refractivity contribution in [2.75, 3.05) is 33.9 Å². The predicted octanol–water partition coefficient (Wildman–Crippen LogP) is 0.260. The molecule has 1 aliphatic rings. The summed E-state index contributed by atoms with van der Waals surface area (Å²) >= 11 is 0. The third-order valence-corrected chi connectivity index (χ3v) is 3.61. The van der Waals surface area contributed by atoms with Crippen molar-refractivity contribution in [3.8, 4) is 0 Å².